The Hall–Kier alpha value is -2.63. The molecule has 25 heavy (non-hydrogen) atoms. The standard InChI is InChI=1S/C19H23N3O3/c1-14(2)19(18(24)25)8-11-21(13-19)17(23)12-15-4-6-16(7-5-15)22-10-3-9-20-22/h3-7,9-10,14H,8,11-13H2,1-2H3,(H,24,25). The van der Waals surface area contributed by atoms with Gasteiger partial charge >= 0.3 is 5.97 Å². The number of rotatable bonds is 5. The second kappa shape index (κ2) is 6.70. The number of amides is 1. The van der Waals surface area contributed by atoms with Gasteiger partial charge in [0.05, 0.1) is 17.5 Å². The number of hydrogen-bond donors (Lipinski definition) is 1. The van der Waals surface area contributed by atoms with Gasteiger partial charge in [-0.15, -0.1) is 0 Å². The van der Waals surface area contributed by atoms with E-state index in [-0.39, 0.29) is 18.2 Å². The highest BCUT2D eigenvalue weighted by molar-refractivity contribution is 5.82. The lowest BCUT2D eigenvalue weighted by atomic mass is 9.76. The fraction of sp³-hybridized carbons (Fsp3) is 0.421. The van der Waals surface area contributed by atoms with Crippen molar-refractivity contribution in [2.45, 2.75) is 26.7 Å². The summed E-state index contributed by atoms with van der Waals surface area (Å²) in [6.07, 6.45) is 4.38. The molecule has 1 atom stereocenters. The van der Waals surface area contributed by atoms with Crippen molar-refractivity contribution in [2.75, 3.05) is 13.1 Å². The van der Waals surface area contributed by atoms with Crippen molar-refractivity contribution in [1.29, 1.82) is 0 Å². The first-order valence-electron chi connectivity index (χ1n) is 8.52. The average molecular weight is 341 g/mol. The molecule has 2 heterocycles. The summed E-state index contributed by atoms with van der Waals surface area (Å²) in [6, 6.07) is 9.54. The Morgan fingerprint density at radius 2 is 2.00 bits per heavy atom. The molecule has 1 amide bonds. The summed E-state index contributed by atoms with van der Waals surface area (Å²) in [5.41, 5.74) is 1.03. The minimum atomic E-state index is -0.820. The molecular formula is C19H23N3O3. The number of benzene rings is 1. The van der Waals surface area contributed by atoms with Gasteiger partial charge in [-0.3, -0.25) is 9.59 Å². The van der Waals surface area contributed by atoms with Gasteiger partial charge in [-0.1, -0.05) is 26.0 Å². The van der Waals surface area contributed by atoms with Crippen LogP contribution in [-0.2, 0) is 16.0 Å². The molecule has 0 saturated carbocycles. The molecule has 0 radical (unpaired) electrons. The molecule has 1 aromatic carbocycles. The van der Waals surface area contributed by atoms with Crippen molar-refractivity contribution in [3.05, 3.63) is 48.3 Å². The van der Waals surface area contributed by atoms with Gasteiger partial charge in [0.1, 0.15) is 0 Å². The molecule has 0 bridgehead atoms. The van der Waals surface area contributed by atoms with Crippen molar-refractivity contribution in [3.63, 3.8) is 0 Å². The van der Waals surface area contributed by atoms with Crippen LogP contribution in [0.25, 0.3) is 5.69 Å². The van der Waals surface area contributed by atoms with Crippen LogP contribution in [0.5, 0.6) is 0 Å². The van der Waals surface area contributed by atoms with Gasteiger partial charge in [-0.25, -0.2) is 4.68 Å². The van der Waals surface area contributed by atoms with Gasteiger partial charge in [-0.2, -0.15) is 5.10 Å². The molecule has 1 fully saturated rings. The number of nitrogens with zero attached hydrogens (tertiary/aromatic N) is 3. The first-order chi connectivity index (χ1) is 11.9. The fourth-order valence-electron chi connectivity index (χ4n) is 3.41. The van der Waals surface area contributed by atoms with Crippen LogP contribution in [0.4, 0.5) is 0 Å². The van der Waals surface area contributed by atoms with Crippen LogP contribution in [0.2, 0.25) is 0 Å². The minimum absolute atomic E-state index is 0.00356. The summed E-state index contributed by atoms with van der Waals surface area (Å²) < 4.78 is 1.76. The topological polar surface area (TPSA) is 75.4 Å². The lowest BCUT2D eigenvalue weighted by Gasteiger charge is -2.28. The molecule has 1 aromatic heterocycles. The molecule has 6 heteroatoms. The summed E-state index contributed by atoms with van der Waals surface area (Å²) in [5.74, 6) is -0.826. The van der Waals surface area contributed by atoms with Crippen LogP contribution in [0.3, 0.4) is 0 Å². The second-order valence-electron chi connectivity index (χ2n) is 6.98. The highest BCUT2D eigenvalue weighted by Crippen LogP contribution is 2.38. The monoisotopic (exact) mass is 341 g/mol. The summed E-state index contributed by atoms with van der Waals surface area (Å²) in [5, 5.41) is 13.8. The fourth-order valence-corrected chi connectivity index (χ4v) is 3.41. The number of carboxylic acid groups (broad SMARTS) is 1. The van der Waals surface area contributed by atoms with Gasteiger partial charge in [0.2, 0.25) is 5.91 Å². The lowest BCUT2D eigenvalue weighted by molar-refractivity contribution is -0.151. The molecule has 0 aliphatic carbocycles. The molecular weight excluding hydrogens is 318 g/mol. The number of carbonyl (C=O) groups excluding carboxylic acids is 1. The minimum Gasteiger partial charge on any atom is -0.481 e. The first-order valence-corrected chi connectivity index (χ1v) is 8.52. The van der Waals surface area contributed by atoms with Crippen molar-refractivity contribution in [2.24, 2.45) is 11.3 Å². The van der Waals surface area contributed by atoms with Crippen molar-refractivity contribution >= 4 is 11.9 Å². The first kappa shape index (κ1) is 17.2. The number of aromatic nitrogens is 2. The van der Waals surface area contributed by atoms with Gasteiger partial charge in [0.25, 0.3) is 0 Å². The van der Waals surface area contributed by atoms with E-state index in [1.807, 2.05) is 50.4 Å². The third-order valence-electron chi connectivity index (χ3n) is 5.25. The number of hydrogen-bond acceptors (Lipinski definition) is 3. The van der Waals surface area contributed by atoms with E-state index < -0.39 is 11.4 Å². The summed E-state index contributed by atoms with van der Waals surface area (Å²) in [6.45, 7) is 4.63. The largest absolute Gasteiger partial charge is 0.481 e. The molecule has 0 spiro atoms. The van der Waals surface area contributed by atoms with Crippen LogP contribution in [0, 0.1) is 11.3 Å². The SMILES string of the molecule is CC(C)C1(C(=O)O)CCN(C(=O)Cc2ccc(-n3cccn3)cc2)C1. The van der Waals surface area contributed by atoms with E-state index in [1.165, 1.54) is 0 Å². The number of likely N-dealkylation sites (tertiary alicyclic amines) is 1. The number of aliphatic carboxylic acids is 1. The zero-order valence-corrected chi connectivity index (χ0v) is 14.6. The van der Waals surface area contributed by atoms with E-state index in [2.05, 4.69) is 5.10 Å². The van der Waals surface area contributed by atoms with Gasteiger partial charge in [0, 0.05) is 25.5 Å². The highest BCUT2D eigenvalue weighted by Gasteiger charge is 2.48. The molecule has 1 aliphatic heterocycles. The normalized spacial score (nSPS) is 20.2. The molecule has 1 saturated heterocycles. The molecule has 1 N–H and O–H groups in total. The zero-order chi connectivity index (χ0) is 18.0. The Morgan fingerprint density at radius 1 is 1.28 bits per heavy atom. The predicted octanol–water partition coefficient (Wildman–Crippen LogP) is 2.37. The van der Waals surface area contributed by atoms with Crippen molar-refractivity contribution < 1.29 is 14.7 Å². The molecule has 1 aliphatic rings. The predicted molar refractivity (Wildman–Crippen MR) is 93.4 cm³/mol. The van der Waals surface area contributed by atoms with Crippen LogP contribution in [0.15, 0.2) is 42.7 Å². The van der Waals surface area contributed by atoms with E-state index in [9.17, 15) is 14.7 Å². The summed E-state index contributed by atoms with van der Waals surface area (Å²) >= 11 is 0. The second-order valence-corrected chi connectivity index (χ2v) is 6.98. The Morgan fingerprint density at radius 3 is 2.52 bits per heavy atom. The highest BCUT2D eigenvalue weighted by atomic mass is 16.4. The third kappa shape index (κ3) is 3.29. The van der Waals surface area contributed by atoms with Gasteiger partial charge < -0.3 is 10.0 Å². The number of carbonyl (C=O) groups is 2. The van der Waals surface area contributed by atoms with E-state index in [0.717, 1.165) is 11.3 Å². The summed E-state index contributed by atoms with van der Waals surface area (Å²) in [7, 11) is 0. The van der Waals surface area contributed by atoms with Crippen LogP contribution in [-0.4, -0.2) is 44.8 Å². The summed E-state index contributed by atoms with van der Waals surface area (Å²) in [4.78, 5) is 26.0. The number of carboxylic acids is 1. The molecule has 132 valence electrons. The van der Waals surface area contributed by atoms with E-state index in [0.29, 0.717) is 19.5 Å². The Balaban J connectivity index is 1.66. The Kier molecular flexibility index (Phi) is 4.61. The molecule has 1 unspecified atom stereocenters. The van der Waals surface area contributed by atoms with Crippen LogP contribution >= 0.6 is 0 Å². The van der Waals surface area contributed by atoms with Crippen molar-refractivity contribution in [1.82, 2.24) is 14.7 Å². The third-order valence-corrected chi connectivity index (χ3v) is 5.25. The quantitative estimate of drug-likeness (QED) is 0.906. The molecule has 6 nitrogen and oxygen atoms in total. The Bertz CT molecular complexity index is 753. The lowest BCUT2D eigenvalue weighted by Crippen LogP contribution is -2.41. The van der Waals surface area contributed by atoms with E-state index in [1.54, 1.807) is 15.8 Å². The van der Waals surface area contributed by atoms with Crippen LogP contribution < -0.4 is 0 Å². The maximum Gasteiger partial charge on any atom is 0.311 e. The maximum atomic E-state index is 12.6. The van der Waals surface area contributed by atoms with Crippen LogP contribution in [0.1, 0.15) is 25.8 Å². The smallest absolute Gasteiger partial charge is 0.311 e. The van der Waals surface area contributed by atoms with Gasteiger partial charge in [-0.05, 0) is 36.1 Å². The molecule has 3 rings (SSSR count). The maximum absolute atomic E-state index is 12.6. The van der Waals surface area contributed by atoms with Gasteiger partial charge in [0.15, 0.2) is 0 Å². The van der Waals surface area contributed by atoms with E-state index >= 15 is 0 Å². The van der Waals surface area contributed by atoms with E-state index in [4.69, 9.17) is 0 Å². The zero-order valence-electron chi connectivity index (χ0n) is 14.6. The molecule has 2 aromatic rings. The average Bonchev–Trinajstić information content (AvgIpc) is 3.26. The Labute approximate surface area is 147 Å². The van der Waals surface area contributed by atoms with Crippen molar-refractivity contribution in [3.8, 4) is 5.69 Å².